The first-order valence-corrected chi connectivity index (χ1v) is 13.7. The van der Waals surface area contributed by atoms with Crippen molar-refractivity contribution in [2.24, 2.45) is 5.10 Å². The number of methoxy groups -OCH3 is 1. The molecule has 0 saturated carbocycles. The Labute approximate surface area is 235 Å². The molecule has 2 aromatic rings. The summed E-state index contributed by atoms with van der Waals surface area (Å²) in [6, 6.07) is 14.4. The number of urea groups is 1. The molecule has 10 heteroatoms. The lowest BCUT2D eigenvalue weighted by molar-refractivity contribution is -0.133. The summed E-state index contributed by atoms with van der Waals surface area (Å²) in [6.45, 7) is 9.65. The predicted molar refractivity (Wildman–Crippen MR) is 152 cm³/mol. The molecule has 0 aromatic heterocycles. The summed E-state index contributed by atoms with van der Waals surface area (Å²) >= 11 is 6.50. The van der Waals surface area contributed by atoms with Gasteiger partial charge >= 0.3 is 6.03 Å². The van der Waals surface area contributed by atoms with Crippen molar-refractivity contribution in [2.75, 3.05) is 53.0 Å². The number of carbonyl (C=O) groups excluding carboxylic acids is 2. The Balaban J connectivity index is 1.61. The molecule has 1 N–H and O–H groups in total. The Kier molecular flexibility index (Phi) is 9.48. The second kappa shape index (κ2) is 12.8. The molecule has 0 spiro atoms. The van der Waals surface area contributed by atoms with Gasteiger partial charge in [-0.3, -0.25) is 9.69 Å². The zero-order valence-corrected chi connectivity index (χ0v) is 23.9. The molecule has 2 aliphatic heterocycles. The van der Waals surface area contributed by atoms with Gasteiger partial charge in [-0.1, -0.05) is 48.0 Å². The van der Waals surface area contributed by atoms with E-state index in [2.05, 4.69) is 10.2 Å². The molecule has 2 aromatic carbocycles. The lowest BCUT2D eigenvalue weighted by Crippen LogP contribution is -2.53. The van der Waals surface area contributed by atoms with Crippen LogP contribution >= 0.6 is 11.6 Å². The van der Waals surface area contributed by atoms with Crippen LogP contribution in [0.5, 0.6) is 5.75 Å². The monoisotopic (exact) mass is 555 g/mol. The number of hydrazone groups is 1. The minimum absolute atomic E-state index is 0.114. The fraction of sp³-hybridized carbons (Fsp3) is 0.483. The number of hydrogen-bond donors (Lipinski definition) is 1. The first kappa shape index (κ1) is 28.9. The van der Waals surface area contributed by atoms with E-state index < -0.39 is 11.6 Å². The third-order valence-corrected chi connectivity index (χ3v) is 7.06. The Morgan fingerprint density at radius 3 is 2.51 bits per heavy atom. The van der Waals surface area contributed by atoms with Crippen LogP contribution in [0.1, 0.15) is 44.4 Å². The van der Waals surface area contributed by atoms with Crippen LogP contribution in [0.4, 0.5) is 4.79 Å². The van der Waals surface area contributed by atoms with Gasteiger partial charge in [-0.25, -0.2) is 9.80 Å². The Bertz CT molecular complexity index is 1190. The van der Waals surface area contributed by atoms with E-state index in [0.29, 0.717) is 49.2 Å². The normalized spacial score (nSPS) is 18.0. The maximum atomic E-state index is 13.9. The smallest absolute Gasteiger partial charge is 0.318 e. The number of rotatable bonds is 8. The fourth-order valence-electron chi connectivity index (χ4n) is 4.76. The van der Waals surface area contributed by atoms with Crippen LogP contribution < -0.4 is 10.1 Å². The van der Waals surface area contributed by atoms with Gasteiger partial charge in [0.05, 0.1) is 32.1 Å². The summed E-state index contributed by atoms with van der Waals surface area (Å²) in [5, 5.41) is 9.83. The van der Waals surface area contributed by atoms with Gasteiger partial charge in [0, 0.05) is 54.3 Å². The van der Waals surface area contributed by atoms with Crippen LogP contribution in [0.15, 0.2) is 53.6 Å². The van der Waals surface area contributed by atoms with Crippen molar-refractivity contribution in [1.29, 1.82) is 0 Å². The second-order valence-corrected chi connectivity index (χ2v) is 11.2. The van der Waals surface area contributed by atoms with E-state index in [0.717, 1.165) is 24.2 Å². The van der Waals surface area contributed by atoms with Gasteiger partial charge in [-0.2, -0.15) is 5.10 Å². The topological polar surface area (TPSA) is 86.7 Å². The summed E-state index contributed by atoms with van der Waals surface area (Å²) in [5.41, 5.74) is 1.89. The van der Waals surface area contributed by atoms with Crippen LogP contribution in [0.3, 0.4) is 0 Å². The van der Waals surface area contributed by atoms with E-state index in [9.17, 15) is 9.59 Å². The van der Waals surface area contributed by atoms with Crippen LogP contribution in [0.25, 0.3) is 0 Å². The maximum absolute atomic E-state index is 13.9. The fourth-order valence-corrected chi connectivity index (χ4v) is 5.00. The quantitative estimate of drug-likeness (QED) is 0.528. The zero-order chi connectivity index (χ0) is 28.0. The van der Waals surface area contributed by atoms with Gasteiger partial charge in [-0.05, 0) is 32.9 Å². The molecule has 2 heterocycles. The van der Waals surface area contributed by atoms with Crippen LogP contribution in [0.2, 0.25) is 5.02 Å². The lowest BCUT2D eigenvalue weighted by Gasteiger charge is -2.33. The Morgan fingerprint density at radius 2 is 1.82 bits per heavy atom. The molecular formula is C29H38ClN5O4. The highest BCUT2D eigenvalue weighted by atomic mass is 35.5. The summed E-state index contributed by atoms with van der Waals surface area (Å²) in [4.78, 5) is 31.0. The van der Waals surface area contributed by atoms with Crippen molar-refractivity contribution < 1.29 is 19.1 Å². The first-order valence-electron chi connectivity index (χ1n) is 13.3. The molecule has 39 heavy (non-hydrogen) atoms. The molecule has 9 nitrogen and oxygen atoms in total. The van der Waals surface area contributed by atoms with Crippen molar-refractivity contribution >= 4 is 29.3 Å². The standard InChI is InChI=1S/C29H38ClN5O4/c1-29(2,3)31-28(37)34(14-13-33-15-17-39-18-16-33)20-27(36)35-25(22-10-6-8-12-26(22)38-4)19-24(32-35)21-9-5-7-11-23(21)30/h5-12,25H,13-20H2,1-4H3,(H,31,37)/t25-/m0/s1. The van der Waals surface area contributed by atoms with Crippen molar-refractivity contribution in [2.45, 2.75) is 38.8 Å². The molecule has 1 fully saturated rings. The summed E-state index contributed by atoms with van der Waals surface area (Å²) in [7, 11) is 1.61. The largest absolute Gasteiger partial charge is 0.496 e. The average Bonchev–Trinajstić information content (AvgIpc) is 3.36. The summed E-state index contributed by atoms with van der Waals surface area (Å²) in [5.74, 6) is 0.393. The molecule has 0 aliphatic carbocycles. The maximum Gasteiger partial charge on any atom is 0.318 e. The molecule has 3 amide bonds. The molecule has 0 radical (unpaired) electrons. The first-order chi connectivity index (χ1) is 18.7. The van der Waals surface area contributed by atoms with E-state index in [-0.39, 0.29) is 18.5 Å². The highest BCUT2D eigenvalue weighted by molar-refractivity contribution is 6.34. The number of benzene rings is 2. The van der Waals surface area contributed by atoms with E-state index in [1.165, 1.54) is 5.01 Å². The number of morpholine rings is 1. The van der Waals surface area contributed by atoms with E-state index >= 15 is 0 Å². The number of hydrogen-bond acceptors (Lipinski definition) is 6. The van der Waals surface area contributed by atoms with Gasteiger partial charge in [-0.15, -0.1) is 0 Å². The predicted octanol–water partition coefficient (Wildman–Crippen LogP) is 4.17. The summed E-state index contributed by atoms with van der Waals surface area (Å²) in [6.07, 6.45) is 0.470. The van der Waals surface area contributed by atoms with Gasteiger partial charge in [0.2, 0.25) is 0 Å². The summed E-state index contributed by atoms with van der Waals surface area (Å²) < 4.78 is 11.1. The molecule has 0 unspecified atom stereocenters. The number of ether oxygens (including phenoxy) is 2. The highest BCUT2D eigenvalue weighted by Crippen LogP contribution is 2.38. The van der Waals surface area contributed by atoms with E-state index in [1.54, 1.807) is 12.0 Å². The highest BCUT2D eigenvalue weighted by Gasteiger charge is 2.36. The molecule has 1 atom stereocenters. The number of carbonyl (C=O) groups is 2. The third-order valence-electron chi connectivity index (χ3n) is 6.73. The molecular weight excluding hydrogens is 518 g/mol. The van der Waals surface area contributed by atoms with Crippen LogP contribution in [-0.4, -0.2) is 91.0 Å². The Morgan fingerprint density at radius 1 is 1.13 bits per heavy atom. The van der Waals surface area contributed by atoms with Crippen molar-refractivity contribution in [3.8, 4) is 5.75 Å². The Hall–Kier alpha value is -3.14. The zero-order valence-electron chi connectivity index (χ0n) is 23.2. The van der Waals surface area contributed by atoms with Crippen molar-refractivity contribution in [3.63, 3.8) is 0 Å². The molecule has 1 saturated heterocycles. The van der Waals surface area contributed by atoms with Gasteiger partial charge in [0.25, 0.3) is 5.91 Å². The number of halogens is 1. The van der Waals surface area contributed by atoms with Crippen molar-refractivity contribution in [1.82, 2.24) is 20.1 Å². The lowest BCUT2D eigenvalue weighted by atomic mass is 9.97. The molecule has 4 rings (SSSR count). The van der Waals surface area contributed by atoms with E-state index in [1.807, 2.05) is 69.3 Å². The molecule has 2 aliphatic rings. The van der Waals surface area contributed by atoms with Gasteiger partial charge < -0.3 is 19.7 Å². The second-order valence-electron chi connectivity index (χ2n) is 10.8. The van der Waals surface area contributed by atoms with Crippen molar-refractivity contribution in [3.05, 3.63) is 64.7 Å². The van der Waals surface area contributed by atoms with Crippen LogP contribution in [0, 0.1) is 0 Å². The number of nitrogens with one attached hydrogen (secondary N) is 1. The van der Waals surface area contributed by atoms with Gasteiger partial charge in [0.1, 0.15) is 12.3 Å². The number of para-hydroxylation sites is 1. The molecule has 0 bridgehead atoms. The number of amides is 3. The number of nitrogens with zero attached hydrogens (tertiary/aromatic N) is 4. The SMILES string of the molecule is COc1ccccc1[C@@H]1CC(c2ccccc2Cl)=NN1C(=O)CN(CCN1CCOCC1)C(=O)NC(C)(C)C. The van der Waals surface area contributed by atoms with Gasteiger partial charge in [0.15, 0.2) is 0 Å². The minimum Gasteiger partial charge on any atom is -0.496 e. The minimum atomic E-state index is -0.444. The third kappa shape index (κ3) is 7.50. The van der Waals surface area contributed by atoms with Crippen LogP contribution in [-0.2, 0) is 9.53 Å². The molecule has 210 valence electrons. The average molecular weight is 556 g/mol. The van der Waals surface area contributed by atoms with E-state index in [4.69, 9.17) is 26.2 Å².